The molecule has 4 nitrogen and oxygen atoms in total. The van der Waals surface area contributed by atoms with E-state index in [1.165, 1.54) is 0 Å². The molecule has 19 heavy (non-hydrogen) atoms. The van der Waals surface area contributed by atoms with E-state index >= 15 is 0 Å². The third-order valence-corrected chi connectivity index (χ3v) is 3.17. The zero-order valence-electron chi connectivity index (χ0n) is 12.5. The lowest BCUT2D eigenvalue weighted by molar-refractivity contribution is -0.131. The molecule has 1 aromatic rings. The molecule has 1 rings (SSSR count). The van der Waals surface area contributed by atoms with E-state index in [1.807, 2.05) is 50.8 Å². The number of aryl methyl sites for hydroxylation is 1. The zero-order chi connectivity index (χ0) is 14.4. The van der Waals surface area contributed by atoms with Crippen LogP contribution in [0.5, 0.6) is 5.75 Å². The minimum atomic E-state index is -0.268. The van der Waals surface area contributed by atoms with Crippen molar-refractivity contribution >= 4 is 11.6 Å². The van der Waals surface area contributed by atoms with Gasteiger partial charge in [-0.1, -0.05) is 6.07 Å². The molecule has 0 heterocycles. The van der Waals surface area contributed by atoms with Crippen LogP contribution in [0.4, 0.5) is 5.69 Å². The summed E-state index contributed by atoms with van der Waals surface area (Å²) in [5, 5.41) is 3.23. The van der Waals surface area contributed by atoms with Gasteiger partial charge in [-0.15, -0.1) is 0 Å². The Kier molecular flexibility index (Phi) is 5.67. The normalized spacial score (nSPS) is 11.8. The van der Waals surface area contributed by atoms with E-state index in [-0.39, 0.29) is 11.9 Å². The van der Waals surface area contributed by atoms with Gasteiger partial charge >= 0.3 is 0 Å². The first-order valence-electron chi connectivity index (χ1n) is 6.73. The SMILES string of the molecule is CCN(CC)C(=O)C(C)Nc1cc(C)ccc1OC. The van der Waals surface area contributed by atoms with Crippen molar-refractivity contribution in [1.82, 2.24) is 4.90 Å². The van der Waals surface area contributed by atoms with Gasteiger partial charge in [0, 0.05) is 13.1 Å². The summed E-state index contributed by atoms with van der Waals surface area (Å²) in [6.07, 6.45) is 0. The molecule has 0 aliphatic rings. The van der Waals surface area contributed by atoms with Crippen LogP contribution in [0.3, 0.4) is 0 Å². The molecule has 1 atom stereocenters. The van der Waals surface area contributed by atoms with Crippen LogP contribution in [0.25, 0.3) is 0 Å². The summed E-state index contributed by atoms with van der Waals surface area (Å²) in [7, 11) is 1.63. The summed E-state index contributed by atoms with van der Waals surface area (Å²) in [6.45, 7) is 9.32. The van der Waals surface area contributed by atoms with Crippen molar-refractivity contribution in [2.45, 2.75) is 33.7 Å². The van der Waals surface area contributed by atoms with Gasteiger partial charge in [-0.2, -0.15) is 0 Å². The Morgan fingerprint density at radius 1 is 1.37 bits per heavy atom. The molecule has 0 aliphatic heterocycles. The minimum absolute atomic E-state index is 0.105. The predicted molar refractivity (Wildman–Crippen MR) is 78.7 cm³/mol. The van der Waals surface area contributed by atoms with Crippen LogP contribution in [0, 0.1) is 6.92 Å². The number of likely N-dealkylation sites (N-methyl/N-ethyl adjacent to an activating group) is 1. The molecule has 0 spiro atoms. The van der Waals surface area contributed by atoms with Crippen LogP contribution in [0.2, 0.25) is 0 Å². The number of hydrogen-bond donors (Lipinski definition) is 1. The minimum Gasteiger partial charge on any atom is -0.495 e. The van der Waals surface area contributed by atoms with Crippen LogP contribution < -0.4 is 10.1 Å². The molecule has 0 saturated carbocycles. The van der Waals surface area contributed by atoms with E-state index in [0.29, 0.717) is 0 Å². The second-order valence-electron chi connectivity index (χ2n) is 4.58. The Bertz CT molecular complexity index is 428. The van der Waals surface area contributed by atoms with E-state index in [4.69, 9.17) is 4.74 Å². The van der Waals surface area contributed by atoms with Gasteiger partial charge in [-0.25, -0.2) is 0 Å². The molecule has 1 aromatic carbocycles. The van der Waals surface area contributed by atoms with Crippen molar-refractivity contribution in [3.63, 3.8) is 0 Å². The summed E-state index contributed by atoms with van der Waals surface area (Å²) >= 11 is 0. The van der Waals surface area contributed by atoms with Gasteiger partial charge in [0.05, 0.1) is 12.8 Å². The number of carbonyl (C=O) groups excluding carboxylic acids is 1. The predicted octanol–water partition coefficient (Wildman–Crippen LogP) is 2.67. The first-order valence-corrected chi connectivity index (χ1v) is 6.73. The van der Waals surface area contributed by atoms with Crippen LogP contribution in [-0.4, -0.2) is 37.0 Å². The molecule has 0 fully saturated rings. The first kappa shape index (κ1) is 15.3. The molecule has 1 N–H and O–H groups in total. The summed E-state index contributed by atoms with van der Waals surface area (Å²) in [5.41, 5.74) is 1.99. The molecule has 0 bridgehead atoms. The smallest absolute Gasteiger partial charge is 0.244 e. The maximum Gasteiger partial charge on any atom is 0.244 e. The fourth-order valence-electron chi connectivity index (χ4n) is 2.04. The van der Waals surface area contributed by atoms with Crippen LogP contribution in [-0.2, 0) is 4.79 Å². The second kappa shape index (κ2) is 7.02. The van der Waals surface area contributed by atoms with Gasteiger partial charge in [-0.05, 0) is 45.4 Å². The molecule has 106 valence electrons. The maximum atomic E-state index is 12.2. The Hall–Kier alpha value is -1.71. The highest BCUT2D eigenvalue weighted by Gasteiger charge is 2.19. The topological polar surface area (TPSA) is 41.6 Å². The quantitative estimate of drug-likeness (QED) is 0.859. The molecule has 1 amide bonds. The lowest BCUT2D eigenvalue weighted by Gasteiger charge is -2.24. The van der Waals surface area contributed by atoms with Crippen molar-refractivity contribution in [2.75, 3.05) is 25.5 Å². The standard InChI is InChI=1S/C15H24N2O2/c1-6-17(7-2)15(18)12(4)16-13-10-11(3)8-9-14(13)19-5/h8-10,12,16H,6-7H2,1-5H3. The molecule has 1 unspecified atom stereocenters. The van der Waals surface area contributed by atoms with Gasteiger partial charge in [0.1, 0.15) is 11.8 Å². The Morgan fingerprint density at radius 2 is 2.00 bits per heavy atom. The van der Waals surface area contributed by atoms with Crippen molar-refractivity contribution in [1.29, 1.82) is 0 Å². The van der Waals surface area contributed by atoms with Gasteiger partial charge < -0.3 is 15.0 Å². The highest BCUT2D eigenvalue weighted by atomic mass is 16.5. The Morgan fingerprint density at radius 3 is 2.53 bits per heavy atom. The summed E-state index contributed by atoms with van der Waals surface area (Å²) < 4.78 is 5.31. The fourth-order valence-corrected chi connectivity index (χ4v) is 2.04. The van der Waals surface area contributed by atoms with Gasteiger partial charge in [-0.3, -0.25) is 4.79 Å². The number of rotatable bonds is 6. The highest BCUT2D eigenvalue weighted by Crippen LogP contribution is 2.26. The number of amides is 1. The van der Waals surface area contributed by atoms with Crippen LogP contribution in [0.15, 0.2) is 18.2 Å². The Balaban J connectivity index is 2.84. The van der Waals surface area contributed by atoms with Gasteiger partial charge in [0.2, 0.25) is 5.91 Å². The Labute approximate surface area is 115 Å². The third kappa shape index (κ3) is 3.88. The average molecular weight is 264 g/mol. The number of anilines is 1. The average Bonchev–Trinajstić information content (AvgIpc) is 2.40. The molecule has 4 heteroatoms. The summed E-state index contributed by atoms with van der Waals surface area (Å²) in [6, 6.07) is 5.62. The highest BCUT2D eigenvalue weighted by molar-refractivity contribution is 5.84. The second-order valence-corrected chi connectivity index (χ2v) is 4.58. The van der Waals surface area contributed by atoms with E-state index in [0.717, 1.165) is 30.1 Å². The number of hydrogen-bond acceptors (Lipinski definition) is 3. The zero-order valence-corrected chi connectivity index (χ0v) is 12.5. The van der Waals surface area contributed by atoms with Crippen molar-refractivity contribution < 1.29 is 9.53 Å². The number of methoxy groups -OCH3 is 1. The van der Waals surface area contributed by atoms with E-state index < -0.39 is 0 Å². The number of benzene rings is 1. The monoisotopic (exact) mass is 264 g/mol. The summed E-state index contributed by atoms with van der Waals surface area (Å²) in [4.78, 5) is 14.0. The lowest BCUT2D eigenvalue weighted by Crippen LogP contribution is -2.41. The van der Waals surface area contributed by atoms with Crippen LogP contribution in [0.1, 0.15) is 26.3 Å². The largest absolute Gasteiger partial charge is 0.495 e. The molecule has 0 saturated heterocycles. The van der Waals surface area contributed by atoms with Crippen molar-refractivity contribution in [3.05, 3.63) is 23.8 Å². The molecular formula is C15H24N2O2. The number of nitrogens with zero attached hydrogens (tertiary/aromatic N) is 1. The maximum absolute atomic E-state index is 12.2. The number of ether oxygens (including phenoxy) is 1. The number of carbonyl (C=O) groups is 1. The van der Waals surface area contributed by atoms with Crippen molar-refractivity contribution in [3.8, 4) is 5.75 Å². The van der Waals surface area contributed by atoms with Gasteiger partial charge in [0.15, 0.2) is 0 Å². The van der Waals surface area contributed by atoms with E-state index in [1.54, 1.807) is 7.11 Å². The lowest BCUT2D eigenvalue weighted by atomic mass is 10.2. The molecular weight excluding hydrogens is 240 g/mol. The number of nitrogens with one attached hydrogen (secondary N) is 1. The molecule has 0 radical (unpaired) electrons. The molecule has 0 aromatic heterocycles. The van der Waals surface area contributed by atoms with E-state index in [9.17, 15) is 4.79 Å². The third-order valence-electron chi connectivity index (χ3n) is 3.17. The summed E-state index contributed by atoms with van der Waals surface area (Å²) in [5.74, 6) is 0.860. The fraction of sp³-hybridized carbons (Fsp3) is 0.533. The van der Waals surface area contributed by atoms with Gasteiger partial charge in [0.25, 0.3) is 0 Å². The first-order chi connectivity index (χ1) is 9.03. The van der Waals surface area contributed by atoms with E-state index in [2.05, 4.69) is 5.32 Å². The molecule has 0 aliphatic carbocycles. The van der Waals surface area contributed by atoms with Crippen LogP contribution >= 0.6 is 0 Å². The van der Waals surface area contributed by atoms with Crippen molar-refractivity contribution in [2.24, 2.45) is 0 Å².